The van der Waals surface area contributed by atoms with Gasteiger partial charge in [-0.15, -0.1) is 0 Å². The van der Waals surface area contributed by atoms with E-state index < -0.39 is 0 Å². The van der Waals surface area contributed by atoms with Gasteiger partial charge in [0.15, 0.2) is 0 Å². The van der Waals surface area contributed by atoms with Crippen LogP contribution >= 0.6 is 11.6 Å². The topological polar surface area (TPSA) is 32.7 Å². The van der Waals surface area contributed by atoms with Gasteiger partial charge < -0.3 is 14.7 Å². The molecule has 0 amide bonds. The number of nitrogens with zero attached hydrogens (tertiary/aromatic N) is 1. The molecule has 0 unspecified atom stereocenters. The molecule has 0 heterocycles. The van der Waals surface area contributed by atoms with Crippen molar-refractivity contribution in [1.29, 1.82) is 0 Å². The Labute approximate surface area is 118 Å². The maximum Gasteiger partial charge on any atom is 0.134 e. The van der Waals surface area contributed by atoms with Gasteiger partial charge in [0.05, 0.1) is 6.61 Å². The highest BCUT2D eigenvalue weighted by molar-refractivity contribution is 6.31. The molecule has 0 aliphatic rings. The van der Waals surface area contributed by atoms with Gasteiger partial charge in [0.1, 0.15) is 11.5 Å². The number of benzene rings is 2. The van der Waals surface area contributed by atoms with Crippen molar-refractivity contribution in [3.05, 3.63) is 53.1 Å². The molecule has 3 nitrogen and oxygen atoms in total. The fourth-order valence-corrected chi connectivity index (χ4v) is 1.97. The molecule has 0 aliphatic carbocycles. The second kappa shape index (κ2) is 5.95. The van der Waals surface area contributed by atoms with Crippen LogP contribution in [0.1, 0.15) is 5.56 Å². The van der Waals surface area contributed by atoms with Crippen molar-refractivity contribution >= 4 is 17.3 Å². The van der Waals surface area contributed by atoms with Gasteiger partial charge in [0.25, 0.3) is 0 Å². The molecule has 0 atom stereocenters. The average molecular weight is 278 g/mol. The first-order chi connectivity index (χ1) is 9.11. The molecule has 4 heteroatoms. The van der Waals surface area contributed by atoms with Gasteiger partial charge in [-0.25, -0.2) is 0 Å². The highest BCUT2D eigenvalue weighted by Gasteiger charge is 2.08. The van der Waals surface area contributed by atoms with E-state index in [9.17, 15) is 5.11 Å². The SMILES string of the molecule is CN(C)c1cccc(Oc2cccc(Cl)c2CO)c1. The smallest absolute Gasteiger partial charge is 0.134 e. The molecular formula is C15H16ClNO2. The van der Waals surface area contributed by atoms with Gasteiger partial charge >= 0.3 is 0 Å². The van der Waals surface area contributed by atoms with Crippen molar-refractivity contribution in [3.63, 3.8) is 0 Å². The minimum atomic E-state index is -0.150. The minimum Gasteiger partial charge on any atom is -0.457 e. The molecule has 2 aromatic rings. The Balaban J connectivity index is 2.31. The van der Waals surface area contributed by atoms with Crippen LogP contribution in [0.3, 0.4) is 0 Å². The molecular weight excluding hydrogens is 262 g/mol. The lowest BCUT2D eigenvalue weighted by Gasteiger charge is -2.15. The van der Waals surface area contributed by atoms with Crippen LogP contribution in [0, 0.1) is 0 Å². The van der Waals surface area contributed by atoms with Crippen LogP contribution in [-0.4, -0.2) is 19.2 Å². The van der Waals surface area contributed by atoms with E-state index in [1.165, 1.54) is 0 Å². The maximum atomic E-state index is 9.35. The number of halogens is 1. The lowest BCUT2D eigenvalue weighted by Crippen LogP contribution is -2.08. The van der Waals surface area contributed by atoms with Crippen LogP contribution in [0.25, 0.3) is 0 Å². The number of aliphatic hydroxyl groups is 1. The Morgan fingerprint density at radius 2 is 1.89 bits per heavy atom. The van der Waals surface area contributed by atoms with Crippen LogP contribution in [-0.2, 0) is 6.61 Å². The summed E-state index contributed by atoms with van der Waals surface area (Å²) in [5.41, 5.74) is 1.64. The first-order valence-electron chi connectivity index (χ1n) is 5.95. The lowest BCUT2D eigenvalue weighted by atomic mass is 10.2. The molecule has 2 aromatic carbocycles. The zero-order valence-corrected chi connectivity index (χ0v) is 11.7. The average Bonchev–Trinajstić information content (AvgIpc) is 2.39. The fraction of sp³-hybridized carbons (Fsp3) is 0.200. The summed E-state index contributed by atoms with van der Waals surface area (Å²) >= 11 is 6.03. The van der Waals surface area contributed by atoms with E-state index in [-0.39, 0.29) is 6.61 Å². The zero-order valence-electron chi connectivity index (χ0n) is 10.9. The van der Waals surface area contributed by atoms with Crippen molar-refractivity contribution in [2.75, 3.05) is 19.0 Å². The third-order valence-corrected chi connectivity index (χ3v) is 3.15. The quantitative estimate of drug-likeness (QED) is 0.925. The van der Waals surface area contributed by atoms with Crippen LogP contribution in [0.2, 0.25) is 5.02 Å². The predicted molar refractivity (Wildman–Crippen MR) is 78.2 cm³/mol. The highest BCUT2D eigenvalue weighted by atomic mass is 35.5. The Hall–Kier alpha value is -1.71. The van der Waals surface area contributed by atoms with Gasteiger partial charge in [0, 0.05) is 36.4 Å². The Kier molecular flexibility index (Phi) is 4.30. The summed E-state index contributed by atoms with van der Waals surface area (Å²) in [6, 6.07) is 13.0. The summed E-state index contributed by atoms with van der Waals surface area (Å²) in [7, 11) is 3.94. The summed E-state index contributed by atoms with van der Waals surface area (Å²) in [5, 5.41) is 9.85. The molecule has 19 heavy (non-hydrogen) atoms. The van der Waals surface area contributed by atoms with Crippen molar-refractivity contribution in [3.8, 4) is 11.5 Å². The van der Waals surface area contributed by atoms with Crippen molar-refractivity contribution in [1.82, 2.24) is 0 Å². The molecule has 0 saturated heterocycles. The highest BCUT2D eigenvalue weighted by Crippen LogP contribution is 2.31. The van der Waals surface area contributed by atoms with E-state index >= 15 is 0 Å². The van der Waals surface area contributed by atoms with Crippen LogP contribution in [0.15, 0.2) is 42.5 Å². The number of aliphatic hydroxyl groups excluding tert-OH is 1. The summed E-state index contributed by atoms with van der Waals surface area (Å²) in [6.07, 6.45) is 0. The monoisotopic (exact) mass is 277 g/mol. The standard InChI is InChI=1S/C15H16ClNO2/c1-17(2)11-5-3-6-12(9-11)19-15-8-4-7-14(16)13(15)10-18/h3-9,18H,10H2,1-2H3. The van der Waals surface area contributed by atoms with E-state index in [4.69, 9.17) is 16.3 Å². The minimum absolute atomic E-state index is 0.150. The molecule has 0 radical (unpaired) electrons. The first-order valence-corrected chi connectivity index (χ1v) is 6.33. The van der Waals surface area contributed by atoms with Crippen molar-refractivity contribution in [2.24, 2.45) is 0 Å². The first kappa shape index (κ1) is 13.7. The van der Waals surface area contributed by atoms with Gasteiger partial charge in [-0.3, -0.25) is 0 Å². The summed E-state index contributed by atoms with van der Waals surface area (Å²) < 4.78 is 5.80. The van der Waals surface area contributed by atoms with Crippen LogP contribution < -0.4 is 9.64 Å². The van der Waals surface area contributed by atoms with Gasteiger partial charge in [-0.05, 0) is 24.3 Å². The normalized spacial score (nSPS) is 10.3. The summed E-state index contributed by atoms with van der Waals surface area (Å²) in [4.78, 5) is 2.00. The second-order valence-electron chi connectivity index (χ2n) is 4.37. The number of anilines is 1. The van der Waals surface area contributed by atoms with Gasteiger partial charge in [-0.1, -0.05) is 23.7 Å². The Morgan fingerprint density at radius 1 is 1.16 bits per heavy atom. The third-order valence-electron chi connectivity index (χ3n) is 2.80. The van der Waals surface area contributed by atoms with E-state index in [2.05, 4.69) is 0 Å². The molecule has 0 aromatic heterocycles. The van der Waals surface area contributed by atoms with Crippen LogP contribution in [0.5, 0.6) is 11.5 Å². The summed E-state index contributed by atoms with van der Waals surface area (Å²) in [5.74, 6) is 1.29. The number of hydrogen-bond donors (Lipinski definition) is 1. The van der Waals surface area contributed by atoms with E-state index in [0.717, 1.165) is 5.69 Å². The van der Waals surface area contributed by atoms with Gasteiger partial charge in [0.2, 0.25) is 0 Å². The zero-order chi connectivity index (χ0) is 13.8. The van der Waals surface area contributed by atoms with Crippen molar-refractivity contribution < 1.29 is 9.84 Å². The Morgan fingerprint density at radius 3 is 2.58 bits per heavy atom. The predicted octanol–water partition coefficient (Wildman–Crippen LogP) is 3.69. The molecule has 0 aliphatic heterocycles. The third kappa shape index (κ3) is 3.19. The molecule has 0 spiro atoms. The molecule has 2 rings (SSSR count). The largest absolute Gasteiger partial charge is 0.457 e. The lowest BCUT2D eigenvalue weighted by molar-refractivity contribution is 0.276. The number of rotatable bonds is 4. The second-order valence-corrected chi connectivity index (χ2v) is 4.78. The molecule has 0 bridgehead atoms. The van der Waals surface area contributed by atoms with Crippen LogP contribution in [0.4, 0.5) is 5.69 Å². The van der Waals surface area contributed by atoms with Gasteiger partial charge in [-0.2, -0.15) is 0 Å². The van der Waals surface area contributed by atoms with E-state index in [1.807, 2.05) is 43.3 Å². The molecule has 0 saturated carbocycles. The molecule has 0 fully saturated rings. The number of hydrogen-bond acceptors (Lipinski definition) is 3. The fourth-order valence-electron chi connectivity index (χ4n) is 1.74. The number of ether oxygens (including phenoxy) is 1. The molecule has 1 N–H and O–H groups in total. The molecule has 100 valence electrons. The maximum absolute atomic E-state index is 9.35. The van der Waals surface area contributed by atoms with E-state index in [0.29, 0.717) is 22.1 Å². The van der Waals surface area contributed by atoms with Crippen molar-refractivity contribution in [2.45, 2.75) is 6.61 Å². The van der Waals surface area contributed by atoms with E-state index in [1.54, 1.807) is 18.2 Å². The Bertz CT molecular complexity index is 570. The summed E-state index contributed by atoms with van der Waals surface area (Å²) in [6.45, 7) is -0.150.